The van der Waals surface area contributed by atoms with Gasteiger partial charge in [0.15, 0.2) is 0 Å². The summed E-state index contributed by atoms with van der Waals surface area (Å²) in [5, 5.41) is 5.83. The summed E-state index contributed by atoms with van der Waals surface area (Å²) in [4.78, 5) is 22.0. The maximum absolute atomic E-state index is 11.1. The van der Waals surface area contributed by atoms with Gasteiger partial charge in [-0.15, -0.1) is 0 Å². The fourth-order valence-electron chi connectivity index (χ4n) is 1.43. The van der Waals surface area contributed by atoms with E-state index in [1.165, 1.54) is 0 Å². The van der Waals surface area contributed by atoms with E-state index in [9.17, 15) is 9.59 Å². The minimum atomic E-state index is -0.416. The van der Waals surface area contributed by atoms with Crippen LogP contribution in [0, 0.1) is 0 Å². The standard InChI is InChI=1S/C10H22N4O2/c1-3-6-14-8(10(12)16)5-4-7(13-2)9(11)15/h7-8,13-14H,3-6H2,1-2H3,(H2,11,15)(H2,12,16). The van der Waals surface area contributed by atoms with Gasteiger partial charge in [0.05, 0.1) is 12.1 Å². The summed E-state index contributed by atoms with van der Waals surface area (Å²) in [6.07, 6.45) is 1.93. The van der Waals surface area contributed by atoms with Gasteiger partial charge in [0.2, 0.25) is 11.8 Å². The quantitative estimate of drug-likeness (QED) is 0.394. The van der Waals surface area contributed by atoms with Gasteiger partial charge in [-0.05, 0) is 32.9 Å². The van der Waals surface area contributed by atoms with E-state index in [1.54, 1.807) is 7.05 Å². The van der Waals surface area contributed by atoms with E-state index in [0.29, 0.717) is 12.8 Å². The minimum Gasteiger partial charge on any atom is -0.368 e. The number of amides is 2. The van der Waals surface area contributed by atoms with Crippen molar-refractivity contribution in [1.82, 2.24) is 10.6 Å². The monoisotopic (exact) mass is 230 g/mol. The first kappa shape index (κ1) is 14.9. The molecule has 0 spiro atoms. The van der Waals surface area contributed by atoms with Crippen molar-refractivity contribution in [2.24, 2.45) is 11.5 Å². The van der Waals surface area contributed by atoms with E-state index in [4.69, 9.17) is 11.5 Å². The second-order valence-corrected chi connectivity index (χ2v) is 3.73. The predicted octanol–water partition coefficient (Wildman–Crippen LogP) is -1.31. The van der Waals surface area contributed by atoms with Gasteiger partial charge in [0.25, 0.3) is 0 Å². The second-order valence-electron chi connectivity index (χ2n) is 3.73. The summed E-state index contributed by atoms with van der Waals surface area (Å²) in [7, 11) is 1.66. The smallest absolute Gasteiger partial charge is 0.234 e. The van der Waals surface area contributed by atoms with Crippen molar-refractivity contribution in [1.29, 1.82) is 0 Å². The molecule has 0 heterocycles. The molecule has 0 aliphatic rings. The van der Waals surface area contributed by atoms with E-state index in [-0.39, 0.29) is 0 Å². The molecule has 0 aliphatic heterocycles. The SMILES string of the molecule is CCCNC(CCC(NC)C(N)=O)C(N)=O. The Kier molecular flexibility index (Phi) is 7.49. The highest BCUT2D eigenvalue weighted by Crippen LogP contribution is 2.01. The van der Waals surface area contributed by atoms with Gasteiger partial charge in [-0.1, -0.05) is 6.92 Å². The van der Waals surface area contributed by atoms with Crippen LogP contribution < -0.4 is 22.1 Å². The number of carbonyl (C=O) groups is 2. The summed E-state index contributed by atoms with van der Waals surface area (Å²) in [5.74, 6) is -0.811. The van der Waals surface area contributed by atoms with Crippen LogP contribution in [0.2, 0.25) is 0 Å². The van der Waals surface area contributed by atoms with Crippen LogP contribution in [0.25, 0.3) is 0 Å². The molecule has 0 aromatic carbocycles. The third-order valence-corrected chi connectivity index (χ3v) is 2.42. The number of rotatable bonds is 9. The molecule has 0 radical (unpaired) electrons. The zero-order valence-corrected chi connectivity index (χ0v) is 9.95. The molecule has 0 fully saturated rings. The molecule has 2 unspecified atom stereocenters. The summed E-state index contributed by atoms with van der Waals surface area (Å²) < 4.78 is 0. The molecule has 0 aromatic rings. The van der Waals surface area contributed by atoms with E-state index in [2.05, 4.69) is 10.6 Å². The fourth-order valence-corrected chi connectivity index (χ4v) is 1.43. The lowest BCUT2D eigenvalue weighted by Crippen LogP contribution is -2.45. The highest BCUT2D eigenvalue weighted by Gasteiger charge is 2.19. The van der Waals surface area contributed by atoms with Gasteiger partial charge >= 0.3 is 0 Å². The van der Waals surface area contributed by atoms with Gasteiger partial charge in [-0.3, -0.25) is 9.59 Å². The van der Waals surface area contributed by atoms with Crippen LogP contribution in [0.1, 0.15) is 26.2 Å². The first-order chi connectivity index (χ1) is 7.52. The van der Waals surface area contributed by atoms with E-state index >= 15 is 0 Å². The van der Waals surface area contributed by atoms with Gasteiger partial charge < -0.3 is 22.1 Å². The maximum atomic E-state index is 11.1. The predicted molar refractivity (Wildman–Crippen MR) is 62.6 cm³/mol. The molecular formula is C10H22N4O2. The fraction of sp³-hybridized carbons (Fsp3) is 0.800. The molecule has 0 saturated carbocycles. The van der Waals surface area contributed by atoms with Crippen molar-refractivity contribution in [3.63, 3.8) is 0 Å². The first-order valence-electron chi connectivity index (χ1n) is 5.52. The third-order valence-electron chi connectivity index (χ3n) is 2.42. The van der Waals surface area contributed by atoms with E-state index < -0.39 is 23.9 Å². The Bertz CT molecular complexity index is 233. The van der Waals surface area contributed by atoms with E-state index in [1.807, 2.05) is 6.92 Å². The second kappa shape index (κ2) is 8.06. The molecule has 6 N–H and O–H groups in total. The Morgan fingerprint density at radius 2 is 1.62 bits per heavy atom. The Morgan fingerprint density at radius 3 is 2.00 bits per heavy atom. The van der Waals surface area contributed by atoms with Crippen LogP contribution in [0.3, 0.4) is 0 Å². The highest BCUT2D eigenvalue weighted by molar-refractivity contribution is 5.81. The Morgan fingerprint density at radius 1 is 1.12 bits per heavy atom. The number of hydrogen-bond donors (Lipinski definition) is 4. The molecular weight excluding hydrogens is 208 g/mol. The molecule has 0 aromatic heterocycles. The van der Waals surface area contributed by atoms with Crippen LogP contribution in [0.15, 0.2) is 0 Å². The van der Waals surface area contributed by atoms with Crippen molar-refractivity contribution < 1.29 is 9.59 Å². The highest BCUT2D eigenvalue weighted by atomic mass is 16.2. The van der Waals surface area contributed by atoms with Crippen molar-refractivity contribution in [2.45, 2.75) is 38.3 Å². The van der Waals surface area contributed by atoms with Crippen LogP contribution in [0.5, 0.6) is 0 Å². The lowest BCUT2D eigenvalue weighted by atomic mass is 10.1. The first-order valence-corrected chi connectivity index (χ1v) is 5.52. The molecule has 2 atom stereocenters. The molecule has 2 amide bonds. The largest absolute Gasteiger partial charge is 0.368 e. The lowest BCUT2D eigenvalue weighted by Gasteiger charge is -2.18. The topological polar surface area (TPSA) is 110 Å². The number of carbonyl (C=O) groups excluding carboxylic acids is 2. The zero-order valence-electron chi connectivity index (χ0n) is 9.95. The number of nitrogens with two attached hydrogens (primary N) is 2. The van der Waals surface area contributed by atoms with Crippen molar-refractivity contribution in [3.8, 4) is 0 Å². The van der Waals surface area contributed by atoms with Gasteiger partial charge in [0.1, 0.15) is 0 Å². The molecule has 94 valence electrons. The number of nitrogens with one attached hydrogen (secondary N) is 2. The van der Waals surface area contributed by atoms with Gasteiger partial charge in [-0.2, -0.15) is 0 Å². The Balaban J connectivity index is 4.09. The van der Waals surface area contributed by atoms with Crippen LogP contribution >= 0.6 is 0 Å². The lowest BCUT2D eigenvalue weighted by molar-refractivity contribution is -0.122. The van der Waals surface area contributed by atoms with Crippen molar-refractivity contribution in [3.05, 3.63) is 0 Å². The van der Waals surface area contributed by atoms with E-state index in [0.717, 1.165) is 13.0 Å². The molecule has 0 bridgehead atoms. The zero-order chi connectivity index (χ0) is 12.6. The van der Waals surface area contributed by atoms with Crippen LogP contribution in [-0.4, -0.2) is 37.5 Å². The average molecular weight is 230 g/mol. The Labute approximate surface area is 96.1 Å². The molecule has 6 heteroatoms. The summed E-state index contributed by atoms with van der Waals surface area (Å²) >= 11 is 0. The average Bonchev–Trinajstić information content (AvgIpc) is 2.22. The van der Waals surface area contributed by atoms with Crippen LogP contribution in [0.4, 0.5) is 0 Å². The molecule has 6 nitrogen and oxygen atoms in total. The Hall–Kier alpha value is -1.14. The van der Waals surface area contributed by atoms with Crippen LogP contribution in [-0.2, 0) is 9.59 Å². The molecule has 0 rings (SSSR count). The number of primary amides is 2. The van der Waals surface area contributed by atoms with Gasteiger partial charge in [-0.25, -0.2) is 0 Å². The molecule has 0 aliphatic carbocycles. The van der Waals surface area contributed by atoms with Gasteiger partial charge in [0, 0.05) is 0 Å². The summed E-state index contributed by atoms with van der Waals surface area (Å²) in [6.45, 7) is 2.74. The maximum Gasteiger partial charge on any atom is 0.234 e. The number of hydrogen-bond acceptors (Lipinski definition) is 4. The summed E-state index contributed by atoms with van der Waals surface area (Å²) in [5.41, 5.74) is 10.4. The van der Waals surface area contributed by atoms with Crippen molar-refractivity contribution >= 4 is 11.8 Å². The molecule has 16 heavy (non-hydrogen) atoms. The summed E-state index contributed by atoms with van der Waals surface area (Å²) in [6, 6.07) is -0.805. The normalized spacial score (nSPS) is 14.4. The van der Waals surface area contributed by atoms with Crippen molar-refractivity contribution in [2.75, 3.05) is 13.6 Å². The molecule has 0 saturated heterocycles. The number of likely N-dealkylation sites (N-methyl/N-ethyl adjacent to an activating group) is 1. The third kappa shape index (κ3) is 5.67. The minimum absolute atomic E-state index is 0.393.